The van der Waals surface area contributed by atoms with Crippen LogP contribution in [0.3, 0.4) is 0 Å². The summed E-state index contributed by atoms with van der Waals surface area (Å²) >= 11 is 3.10. The second-order valence-electron chi connectivity index (χ2n) is 4.57. The maximum absolute atomic E-state index is 11.9. The standard InChI is InChI=1S/C14H18N2O2S3/c1-11-5-6-14(20-11)10-16-21(17,18)8-7-19-13-4-2-3-12(15)9-13/h2-6,9,16H,7-8,10,15H2,1H3. The highest BCUT2D eigenvalue weighted by Crippen LogP contribution is 2.20. The van der Waals surface area contributed by atoms with Gasteiger partial charge < -0.3 is 5.73 Å². The van der Waals surface area contributed by atoms with Crippen molar-refractivity contribution in [3.8, 4) is 0 Å². The number of hydrogen-bond acceptors (Lipinski definition) is 5. The normalized spacial score (nSPS) is 11.7. The van der Waals surface area contributed by atoms with Gasteiger partial charge in [0.25, 0.3) is 0 Å². The molecule has 1 heterocycles. The molecular weight excluding hydrogens is 324 g/mol. The molecule has 2 rings (SSSR count). The fourth-order valence-corrected chi connectivity index (χ4v) is 4.99. The third kappa shape index (κ3) is 5.70. The van der Waals surface area contributed by atoms with Crippen LogP contribution >= 0.6 is 23.1 Å². The van der Waals surface area contributed by atoms with Crippen LogP contribution in [-0.4, -0.2) is 19.9 Å². The molecule has 7 heteroatoms. The number of aryl methyl sites for hydroxylation is 1. The molecule has 2 aromatic rings. The van der Waals surface area contributed by atoms with E-state index in [1.807, 2.05) is 43.3 Å². The number of anilines is 1. The quantitative estimate of drug-likeness (QED) is 0.599. The number of thioether (sulfide) groups is 1. The maximum atomic E-state index is 11.9. The molecular formula is C14H18N2O2S3. The second kappa shape index (κ2) is 7.31. The number of nitrogen functional groups attached to an aromatic ring is 1. The Morgan fingerprint density at radius 2 is 2.10 bits per heavy atom. The van der Waals surface area contributed by atoms with Crippen LogP contribution < -0.4 is 10.5 Å². The molecule has 0 bridgehead atoms. The van der Waals surface area contributed by atoms with Gasteiger partial charge in [0, 0.05) is 32.6 Å². The molecule has 4 nitrogen and oxygen atoms in total. The zero-order valence-electron chi connectivity index (χ0n) is 11.7. The molecule has 0 amide bonds. The van der Waals surface area contributed by atoms with E-state index >= 15 is 0 Å². The highest BCUT2D eigenvalue weighted by molar-refractivity contribution is 8.00. The molecule has 0 aliphatic heterocycles. The fraction of sp³-hybridized carbons (Fsp3) is 0.286. The molecule has 1 aromatic heterocycles. The van der Waals surface area contributed by atoms with Crippen molar-refractivity contribution in [1.29, 1.82) is 0 Å². The Labute approximate surface area is 133 Å². The predicted molar refractivity (Wildman–Crippen MR) is 91.3 cm³/mol. The molecule has 0 unspecified atom stereocenters. The average molecular weight is 343 g/mol. The van der Waals surface area contributed by atoms with E-state index in [2.05, 4.69) is 4.72 Å². The summed E-state index contributed by atoms with van der Waals surface area (Å²) in [5, 5.41) is 0. The van der Waals surface area contributed by atoms with Crippen molar-refractivity contribution in [3.05, 3.63) is 46.2 Å². The lowest BCUT2D eigenvalue weighted by atomic mass is 10.3. The number of thiophene rings is 1. The third-order valence-electron chi connectivity index (χ3n) is 2.74. The number of nitrogens with two attached hydrogens (primary N) is 1. The summed E-state index contributed by atoms with van der Waals surface area (Å²) in [6, 6.07) is 11.4. The molecule has 0 fully saturated rings. The van der Waals surface area contributed by atoms with Crippen molar-refractivity contribution in [2.75, 3.05) is 17.2 Å². The number of nitrogens with one attached hydrogen (secondary N) is 1. The highest BCUT2D eigenvalue weighted by atomic mass is 32.2. The van der Waals surface area contributed by atoms with Gasteiger partial charge in [-0.2, -0.15) is 0 Å². The summed E-state index contributed by atoms with van der Waals surface area (Å²) in [6.45, 7) is 2.37. The van der Waals surface area contributed by atoms with Crippen LogP contribution in [-0.2, 0) is 16.6 Å². The number of benzene rings is 1. The average Bonchev–Trinajstić information content (AvgIpc) is 2.82. The van der Waals surface area contributed by atoms with Crippen molar-refractivity contribution >= 4 is 38.8 Å². The smallest absolute Gasteiger partial charge is 0.212 e. The molecule has 0 aliphatic carbocycles. The van der Waals surface area contributed by atoms with Crippen LogP contribution in [0, 0.1) is 6.92 Å². The van der Waals surface area contributed by atoms with Crippen LogP contribution in [0.2, 0.25) is 0 Å². The van der Waals surface area contributed by atoms with Crippen LogP contribution in [0.5, 0.6) is 0 Å². The van der Waals surface area contributed by atoms with Crippen molar-refractivity contribution in [2.45, 2.75) is 18.4 Å². The van der Waals surface area contributed by atoms with Gasteiger partial charge >= 0.3 is 0 Å². The van der Waals surface area contributed by atoms with E-state index < -0.39 is 10.0 Å². The van der Waals surface area contributed by atoms with Gasteiger partial charge in [0.15, 0.2) is 0 Å². The summed E-state index contributed by atoms with van der Waals surface area (Å²) in [4.78, 5) is 3.19. The van der Waals surface area contributed by atoms with E-state index in [1.165, 1.54) is 16.6 Å². The van der Waals surface area contributed by atoms with E-state index in [1.54, 1.807) is 11.3 Å². The van der Waals surface area contributed by atoms with Crippen molar-refractivity contribution in [2.24, 2.45) is 0 Å². The van der Waals surface area contributed by atoms with E-state index in [4.69, 9.17) is 5.73 Å². The number of sulfonamides is 1. The first-order valence-corrected chi connectivity index (χ1v) is 9.91. The summed E-state index contributed by atoms with van der Waals surface area (Å²) in [5.41, 5.74) is 6.38. The lowest BCUT2D eigenvalue weighted by molar-refractivity contribution is 0.583. The molecule has 0 saturated carbocycles. The Bertz CT molecular complexity index is 696. The predicted octanol–water partition coefficient (Wildman–Crippen LogP) is 2.85. The van der Waals surface area contributed by atoms with Gasteiger partial charge in [-0.25, -0.2) is 13.1 Å². The molecule has 21 heavy (non-hydrogen) atoms. The summed E-state index contributed by atoms with van der Waals surface area (Å²) in [5.74, 6) is 0.596. The van der Waals surface area contributed by atoms with Crippen molar-refractivity contribution in [3.63, 3.8) is 0 Å². The fourth-order valence-electron chi connectivity index (χ4n) is 1.71. The largest absolute Gasteiger partial charge is 0.399 e. The van der Waals surface area contributed by atoms with E-state index in [-0.39, 0.29) is 5.75 Å². The topological polar surface area (TPSA) is 72.2 Å². The van der Waals surface area contributed by atoms with Crippen LogP contribution in [0.4, 0.5) is 5.69 Å². The molecule has 114 valence electrons. The maximum Gasteiger partial charge on any atom is 0.212 e. The van der Waals surface area contributed by atoms with Gasteiger partial charge in [0.2, 0.25) is 10.0 Å². The molecule has 1 aromatic carbocycles. The minimum absolute atomic E-state index is 0.0941. The van der Waals surface area contributed by atoms with Gasteiger partial charge in [-0.05, 0) is 37.3 Å². The first-order chi connectivity index (χ1) is 9.94. The van der Waals surface area contributed by atoms with Gasteiger partial charge in [-0.1, -0.05) is 6.07 Å². The Hall–Kier alpha value is -1.02. The van der Waals surface area contributed by atoms with E-state index in [0.717, 1.165) is 9.77 Å². The zero-order chi connectivity index (χ0) is 15.3. The SMILES string of the molecule is Cc1ccc(CNS(=O)(=O)CCSc2cccc(N)c2)s1. The van der Waals surface area contributed by atoms with Crippen LogP contribution in [0.15, 0.2) is 41.3 Å². The summed E-state index contributed by atoms with van der Waals surface area (Å²) in [6.07, 6.45) is 0. The first-order valence-electron chi connectivity index (χ1n) is 6.46. The Morgan fingerprint density at radius 1 is 1.29 bits per heavy atom. The lowest BCUT2D eigenvalue weighted by Crippen LogP contribution is -2.26. The highest BCUT2D eigenvalue weighted by Gasteiger charge is 2.10. The van der Waals surface area contributed by atoms with Crippen molar-refractivity contribution < 1.29 is 8.42 Å². The second-order valence-corrected chi connectivity index (χ2v) is 9.04. The lowest BCUT2D eigenvalue weighted by Gasteiger charge is -2.06. The number of hydrogen-bond donors (Lipinski definition) is 2. The molecule has 0 saturated heterocycles. The van der Waals surface area contributed by atoms with E-state index in [0.29, 0.717) is 18.0 Å². The molecule has 0 aliphatic rings. The summed E-state index contributed by atoms with van der Waals surface area (Å²) in [7, 11) is -3.25. The Balaban J connectivity index is 1.78. The van der Waals surface area contributed by atoms with Gasteiger partial charge in [0.1, 0.15) is 0 Å². The van der Waals surface area contributed by atoms with Crippen LogP contribution in [0.25, 0.3) is 0 Å². The molecule has 0 spiro atoms. The molecule has 0 radical (unpaired) electrons. The summed E-state index contributed by atoms with van der Waals surface area (Å²) < 4.78 is 26.5. The number of rotatable bonds is 7. The van der Waals surface area contributed by atoms with Gasteiger partial charge in [-0.15, -0.1) is 23.1 Å². The minimum Gasteiger partial charge on any atom is -0.399 e. The molecule has 3 N–H and O–H groups in total. The zero-order valence-corrected chi connectivity index (χ0v) is 14.2. The molecule has 0 atom stereocenters. The van der Waals surface area contributed by atoms with Gasteiger partial charge in [0.05, 0.1) is 5.75 Å². The Morgan fingerprint density at radius 3 is 2.76 bits per heavy atom. The monoisotopic (exact) mass is 342 g/mol. The van der Waals surface area contributed by atoms with Gasteiger partial charge in [-0.3, -0.25) is 0 Å². The Kier molecular flexibility index (Phi) is 5.69. The first kappa shape index (κ1) is 16.4. The third-order valence-corrected chi connectivity index (χ3v) is 6.32. The van der Waals surface area contributed by atoms with E-state index in [9.17, 15) is 8.42 Å². The van der Waals surface area contributed by atoms with Crippen molar-refractivity contribution in [1.82, 2.24) is 4.72 Å². The minimum atomic E-state index is -3.25. The van der Waals surface area contributed by atoms with Crippen LogP contribution in [0.1, 0.15) is 9.75 Å².